The molecule has 1 aliphatic heterocycles. The van der Waals surface area contributed by atoms with Crippen LogP contribution in [-0.4, -0.2) is 23.5 Å². The highest BCUT2D eigenvalue weighted by molar-refractivity contribution is 8.14. The predicted octanol–water partition coefficient (Wildman–Crippen LogP) is 3.04. The second-order valence-corrected chi connectivity index (χ2v) is 5.85. The van der Waals surface area contributed by atoms with E-state index in [1.165, 1.54) is 43.7 Å². The molecule has 3 heteroatoms. The molecule has 1 aliphatic carbocycles. The van der Waals surface area contributed by atoms with Gasteiger partial charge in [-0.3, -0.25) is 4.99 Å². The summed E-state index contributed by atoms with van der Waals surface area (Å²) in [5, 5.41) is 5.49. The molecule has 0 aromatic rings. The molecule has 1 fully saturated rings. The largest absolute Gasteiger partial charge is 0.365 e. The topological polar surface area (TPSA) is 24.4 Å². The first-order valence-corrected chi connectivity index (χ1v) is 7.23. The molecular weight excluding hydrogens is 204 g/mol. The minimum atomic E-state index is 0.808. The molecule has 1 saturated carbocycles. The number of aliphatic imine (C=N–C) groups is 1. The summed E-state index contributed by atoms with van der Waals surface area (Å²) in [6, 6.07) is 0. The fourth-order valence-electron chi connectivity index (χ4n) is 1.95. The molecular formula is C12H22N2S. The van der Waals surface area contributed by atoms with Crippen LogP contribution in [-0.2, 0) is 0 Å². The molecule has 2 nitrogen and oxygen atoms in total. The number of unbranched alkanes of at least 4 members (excludes halogenated alkanes) is 3. The van der Waals surface area contributed by atoms with Crippen molar-refractivity contribution in [2.75, 3.05) is 13.1 Å². The van der Waals surface area contributed by atoms with Crippen molar-refractivity contribution in [1.29, 1.82) is 0 Å². The molecule has 0 bridgehead atoms. The Kier molecular flexibility index (Phi) is 4.36. The Balaban J connectivity index is 1.52. The van der Waals surface area contributed by atoms with E-state index in [9.17, 15) is 0 Å². The molecule has 0 amide bonds. The van der Waals surface area contributed by atoms with Gasteiger partial charge >= 0.3 is 0 Å². The van der Waals surface area contributed by atoms with Crippen molar-refractivity contribution >= 4 is 16.9 Å². The number of amidine groups is 1. The van der Waals surface area contributed by atoms with Crippen molar-refractivity contribution in [3.05, 3.63) is 0 Å². The van der Waals surface area contributed by atoms with Crippen LogP contribution in [0.1, 0.15) is 45.4 Å². The molecule has 0 aromatic carbocycles. The first kappa shape index (κ1) is 11.3. The smallest absolute Gasteiger partial charge is 0.156 e. The number of thioether (sulfide) groups is 1. The first-order chi connectivity index (χ1) is 7.40. The Labute approximate surface area is 97.3 Å². The molecule has 15 heavy (non-hydrogen) atoms. The Morgan fingerprint density at radius 2 is 2.20 bits per heavy atom. The monoisotopic (exact) mass is 226 g/mol. The average molecular weight is 226 g/mol. The average Bonchev–Trinajstić information content (AvgIpc) is 2.99. The van der Waals surface area contributed by atoms with Crippen LogP contribution in [0.25, 0.3) is 0 Å². The third-order valence-electron chi connectivity index (χ3n) is 3.13. The fourth-order valence-corrected chi connectivity index (χ4v) is 3.18. The summed E-state index contributed by atoms with van der Waals surface area (Å²) in [5.41, 5.74) is 0. The van der Waals surface area contributed by atoms with Crippen LogP contribution in [0.4, 0.5) is 0 Å². The van der Waals surface area contributed by atoms with Gasteiger partial charge in [-0.05, 0) is 25.2 Å². The number of rotatable bonds is 6. The second-order valence-electron chi connectivity index (χ2n) is 4.63. The van der Waals surface area contributed by atoms with Crippen LogP contribution in [0.2, 0.25) is 0 Å². The van der Waals surface area contributed by atoms with Crippen LogP contribution in [0.5, 0.6) is 0 Å². The van der Waals surface area contributed by atoms with E-state index < -0.39 is 0 Å². The maximum Gasteiger partial charge on any atom is 0.156 e. The molecule has 86 valence electrons. The zero-order chi connectivity index (χ0) is 10.5. The van der Waals surface area contributed by atoms with Gasteiger partial charge in [-0.25, -0.2) is 0 Å². The Bertz CT molecular complexity index is 224. The minimum Gasteiger partial charge on any atom is -0.365 e. The van der Waals surface area contributed by atoms with E-state index in [-0.39, 0.29) is 0 Å². The van der Waals surface area contributed by atoms with Gasteiger partial charge in [0.25, 0.3) is 0 Å². The van der Waals surface area contributed by atoms with Crippen LogP contribution < -0.4 is 5.32 Å². The molecule has 0 radical (unpaired) electrons. The predicted molar refractivity (Wildman–Crippen MR) is 68.5 cm³/mol. The van der Waals surface area contributed by atoms with Crippen molar-refractivity contribution in [1.82, 2.24) is 5.32 Å². The highest BCUT2D eigenvalue weighted by Crippen LogP contribution is 2.41. The Hall–Kier alpha value is -0.180. The van der Waals surface area contributed by atoms with Crippen LogP contribution in [0.3, 0.4) is 0 Å². The lowest BCUT2D eigenvalue weighted by Crippen LogP contribution is -2.20. The fraction of sp³-hybridized carbons (Fsp3) is 0.917. The Morgan fingerprint density at radius 1 is 1.33 bits per heavy atom. The lowest BCUT2D eigenvalue weighted by atomic mass is 10.2. The third kappa shape index (κ3) is 3.71. The molecule has 1 unspecified atom stereocenters. The van der Waals surface area contributed by atoms with E-state index in [4.69, 9.17) is 0 Å². The van der Waals surface area contributed by atoms with Gasteiger partial charge in [-0.15, -0.1) is 0 Å². The molecule has 2 rings (SSSR count). The van der Waals surface area contributed by atoms with Gasteiger partial charge in [-0.2, -0.15) is 0 Å². The molecule has 1 heterocycles. The van der Waals surface area contributed by atoms with Crippen molar-refractivity contribution in [3.8, 4) is 0 Å². The van der Waals surface area contributed by atoms with Crippen molar-refractivity contribution in [2.24, 2.45) is 10.9 Å². The molecule has 2 aliphatic rings. The van der Waals surface area contributed by atoms with Gasteiger partial charge in [0.15, 0.2) is 5.17 Å². The molecule has 1 N–H and O–H groups in total. The Morgan fingerprint density at radius 3 is 2.93 bits per heavy atom. The van der Waals surface area contributed by atoms with E-state index in [1.807, 2.05) is 11.8 Å². The normalized spacial score (nSPS) is 25.4. The number of hydrogen-bond donors (Lipinski definition) is 1. The first-order valence-electron chi connectivity index (χ1n) is 6.35. The molecule has 0 spiro atoms. The quantitative estimate of drug-likeness (QED) is 0.704. The van der Waals surface area contributed by atoms with E-state index in [1.54, 1.807) is 0 Å². The summed E-state index contributed by atoms with van der Waals surface area (Å²) in [6.45, 7) is 4.43. The summed E-state index contributed by atoms with van der Waals surface area (Å²) in [6.07, 6.45) is 8.22. The lowest BCUT2D eigenvalue weighted by Gasteiger charge is -2.07. The van der Waals surface area contributed by atoms with Crippen molar-refractivity contribution < 1.29 is 0 Å². The summed E-state index contributed by atoms with van der Waals surface area (Å²) in [5.74, 6) is 0.984. The standard InChI is InChI=1S/C12H22N2S/c1-2-3-4-5-8-13-12-14-9-11(15-12)10-6-7-10/h10-11H,2-9H2,1H3,(H,13,14). The van der Waals surface area contributed by atoms with E-state index in [0.29, 0.717) is 0 Å². The molecule has 0 aromatic heterocycles. The van der Waals surface area contributed by atoms with E-state index in [2.05, 4.69) is 17.2 Å². The summed E-state index contributed by atoms with van der Waals surface area (Å²) < 4.78 is 0. The molecule has 0 saturated heterocycles. The van der Waals surface area contributed by atoms with Crippen molar-refractivity contribution in [3.63, 3.8) is 0 Å². The van der Waals surface area contributed by atoms with Crippen LogP contribution in [0, 0.1) is 5.92 Å². The third-order valence-corrected chi connectivity index (χ3v) is 4.47. The van der Waals surface area contributed by atoms with Gasteiger partial charge in [0.1, 0.15) is 0 Å². The van der Waals surface area contributed by atoms with Gasteiger partial charge in [0.05, 0.1) is 6.54 Å². The van der Waals surface area contributed by atoms with Gasteiger partial charge < -0.3 is 5.32 Å². The van der Waals surface area contributed by atoms with Gasteiger partial charge in [-0.1, -0.05) is 37.9 Å². The SMILES string of the molecule is CCCCCCNC1=NCC(C2CC2)S1. The van der Waals surface area contributed by atoms with E-state index in [0.717, 1.165) is 24.3 Å². The number of hydrogen-bond acceptors (Lipinski definition) is 3. The zero-order valence-electron chi connectivity index (χ0n) is 9.67. The van der Waals surface area contributed by atoms with Crippen molar-refractivity contribution in [2.45, 2.75) is 50.7 Å². The van der Waals surface area contributed by atoms with E-state index >= 15 is 0 Å². The maximum atomic E-state index is 4.56. The lowest BCUT2D eigenvalue weighted by molar-refractivity contribution is 0.655. The zero-order valence-corrected chi connectivity index (χ0v) is 10.5. The highest BCUT2D eigenvalue weighted by Gasteiger charge is 2.35. The van der Waals surface area contributed by atoms with Crippen LogP contribution in [0.15, 0.2) is 4.99 Å². The van der Waals surface area contributed by atoms with Crippen LogP contribution >= 0.6 is 11.8 Å². The maximum absolute atomic E-state index is 4.56. The summed E-state index contributed by atoms with van der Waals surface area (Å²) in [4.78, 5) is 4.56. The number of nitrogens with zero attached hydrogens (tertiary/aromatic N) is 1. The van der Waals surface area contributed by atoms with Gasteiger partial charge in [0.2, 0.25) is 0 Å². The minimum absolute atomic E-state index is 0.808. The molecule has 1 atom stereocenters. The summed E-state index contributed by atoms with van der Waals surface area (Å²) >= 11 is 1.98. The second kappa shape index (κ2) is 5.78. The van der Waals surface area contributed by atoms with Gasteiger partial charge in [0, 0.05) is 11.8 Å². The summed E-state index contributed by atoms with van der Waals surface area (Å²) in [7, 11) is 0. The number of nitrogens with one attached hydrogen (secondary N) is 1. The highest BCUT2D eigenvalue weighted by atomic mass is 32.2.